The summed E-state index contributed by atoms with van der Waals surface area (Å²) in [5, 5.41) is 0. The third-order valence-electron chi connectivity index (χ3n) is 4.65. The summed E-state index contributed by atoms with van der Waals surface area (Å²) in [5.41, 5.74) is 0.973. The summed E-state index contributed by atoms with van der Waals surface area (Å²) in [4.78, 5) is 13.9. The Labute approximate surface area is 160 Å². The number of hydrogen-bond acceptors (Lipinski definition) is 6. The Bertz CT molecular complexity index is 609. The molecule has 0 unspecified atom stereocenters. The Hall–Kier alpha value is -1.76. The van der Waals surface area contributed by atoms with E-state index in [1.165, 1.54) is 0 Å². The molecule has 1 aliphatic heterocycles. The van der Waals surface area contributed by atoms with E-state index in [9.17, 15) is 4.79 Å². The van der Waals surface area contributed by atoms with Crippen LogP contribution in [0.15, 0.2) is 12.1 Å². The van der Waals surface area contributed by atoms with Gasteiger partial charge in [0.2, 0.25) is 0 Å². The molecule has 1 aliphatic rings. The second-order valence-corrected chi connectivity index (χ2v) is 8.32. The molecule has 0 N–H and O–H groups in total. The van der Waals surface area contributed by atoms with Crippen LogP contribution in [0, 0.1) is 0 Å². The summed E-state index contributed by atoms with van der Waals surface area (Å²) in [7, 11) is 4.89. The number of thioether (sulfide) groups is 1. The first kappa shape index (κ1) is 20.6. The molecule has 146 valence electrons. The van der Waals surface area contributed by atoms with E-state index < -0.39 is 0 Å². The van der Waals surface area contributed by atoms with Gasteiger partial charge < -0.3 is 23.8 Å². The van der Waals surface area contributed by atoms with Gasteiger partial charge >= 0.3 is 6.09 Å². The molecule has 1 heterocycles. The molecule has 0 aliphatic carbocycles. The summed E-state index contributed by atoms with van der Waals surface area (Å²) in [5.74, 6) is 2.84. The van der Waals surface area contributed by atoms with Crippen molar-refractivity contribution in [2.75, 3.05) is 34.5 Å². The SMILES string of the molecule is CCCN1C(=O)OC[C@H]1C(C)(C)SCc1c(OC)cc(OC)cc1OC. The lowest BCUT2D eigenvalue weighted by atomic mass is 10.0. The van der Waals surface area contributed by atoms with E-state index in [2.05, 4.69) is 20.8 Å². The zero-order chi connectivity index (χ0) is 19.3. The van der Waals surface area contributed by atoms with Gasteiger partial charge in [-0.05, 0) is 20.3 Å². The first-order valence-electron chi connectivity index (χ1n) is 8.74. The van der Waals surface area contributed by atoms with E-state index in [-0.39, 0.29) is 16.9 Å². The van der Waals surface area contributed by atoms with Crippen molar-refractivity contribution in [1.82, 2.24) is 4.90 Å². The maximum atomic E-state index is 12.0. The molecule has 1 aromatic carbocycles. The van der Waals surface area contributed by atoms with Gasteiger partial charge in [0.15, 0.2) is 0 Å². The minimum Gasteiger partial charge on any atom is -0.496 e. The number of amides is 1. The Morgan fingerprint density at radius 1 is 1.19 bits per heavy atom. The Morgan fingerprint density at radius 2 is 1.81 bits per heavy atom. The summed E-state index contributed by atoms with van der Waals surface area (Å²) < 4.78 is 21.5. The number of cyclic esters (lactones) is 1. The van der Waals surface area contributed by atoms with Crippen molar-refractivity contribution in [3.63, 3.8) is 0 Å². The smallest absolute Gasteiger partial charge is 0.410 e. The molecule has 1 saturated heterocycles. The van der Waals surface area contributed by atoms with Crippen LogP contribution in [0.25, 0.3) is 0 Å². The van der Waals surface area contributed by atoms with Crippen LogP contribution in [-0.4, -0.2) is 56.3 Å². The van der Waals surface area contributed by atoms with Crippen molar-refractivity contribution in [3.8, 4) is 17.2 Å². The fraction of sp³-hybridized carbons (Fsp3) is 0.632. The van der Waals surface area contributed by atoms with Crippen molar-refractivity contribution in [2.24, 2.45) is 0 Å². The minimum absolute atomic E-state index is 0.0372. The zero-order valence-corrected chi connectivity index (χ0v) is 17.3. The Balaban J connectivity index is 2.20. The molecule has 7 heteroatoms. The molecule has 1 aromatic rings. The average molecular weight is 384 g/mol. The third kappa shape index (κ3) is 4.31. The highest BCUT2D eigenvalue weighted by atomic mass is 32.2. The standard InChI is InChI=1S/C19H29NO5S/c1-7-8-20-17(11-25-18(20)21)19(2,3)26-12-14-15(23-5)9-13(22-4)10-16(14)24-6/h9-10,17H,7-8,11-12H2,1-6H3/t17-/m0/s1. The van der Waals surface area contributed by atoms with Gasteiger partial charge in [0.05, 0.1) is 27.4 Å². The molecule has 0 radical (unpaired) electrons. The van der Waals surface area contributed by atoms with E-state index in [1.807, 2.05) is 17.0 Å². The van der Waals surface area contributed by atoms with E-state index >= 15 is 0 Å². The fourth-order valence-electron chi connectivity index (χ4n) is 3.09. The van der Waals surface area contributed by atoms with Crippen LogP contribution in [0.3, 0.4) is 0 Å². The molecular formula is C19H29NO5S. The highest BCUT2D eigenvalue weighted by Crippen LogP contribution is 2.42. The normalized spacial score (nSPS) is 17.2. The Kier molecular flexibility index (Phi) is 6.92. The predicted molar refractivity (Wildman–Crippen MR) is 104 cm³/mol. The quantitative estimate of drug-likeness (QED) is 0.643. The first-order valence-corrected chi connectivity index (χ1v) is 9.72. The molecule has 6 nitrogen and oxygen atoms in total. The predicted octanol–water partition coefficient (Wildman–Crippen LogP) is 3.96. The van der Waals surface area contributed by atoms with Gasteiger partial charge in [-0.1, -0.05) is 6.92 Å². The topological polar surface area (TPSA) is 57.2 Å². The van der Waals surface area contributed by atoms with Crippen LogP contribution in [-0.2, 0) is 10.5 Å². The molecule has 1 amide bonds. The number of nitrogens with zero attached hydrogens (tertiary/aromatic N) is 1. The van der Waals surface area contributed by atoms with E-state index in [0.29, 0.717) is 24.7 Å². The van der Waals surface area contributed by atoms with Crippen molar-refractivity contribution in [1.29, 1.82) is 0 Å². The lowest BCUT2D eigenvalue weighted by Crippen LogP contribution is -2.46. The van der Waals surface area contributed by atoms with Gasteiger partial charge in [0.25, 0.3) is 0 Å². The lowest BCUT2D eigenvalue weighted by Gasteiger charge is -2.35. The van der Waals surface area contributed by atoms with E-state index in [0.717, 1.165) is 23.5 Å². The summed E-state index contributed by atoms with van der Waals surface area (Å²) in [6.07, 6.45) is 0.692. The van der Waals surface area contributed by atoms with Gasteiger partial charge in [0, 0.05) is 34.7 Å². The van der Waals surface area contributed by atoms with Crippen molar-refractivity contribution >= 4 is 17.9 Å². The molecule has 0 spiro atoms. The Morgan fingerprint density at radius 3 is 2.31 bits per heavy atom. The summed E-state index contributed by atoms with van der Waals surface area (Å²) in [6, 6.07) is 3.75. The monoisotopic (exact) mass is 383 g/mol. The zero-order valence-electron chi connectivity index (χ0n) is 16.5. The van der Waals surface area contributed by atoms with E-state index in [1.54, 1.807) is 33.1 Å². The molecule has 0 aromatic heterocycles. The fourth-order valence-corrected chi connectivity index (χ4v) is 4.28. The maximum Gasteiger partial charge on any atom is 0.410 e. The number of carbonyl (C=O) groups is 1. The molecular weight excluding hydrogens is 354 g/mol. The van der Waals surface area contributed by atoms with Crippen LogP contribution in [0.2, 0.25) is 0 Å². The number of methoxy groups -OCH3 is 3. The van der Waals surface area contributed by atoms with Crippen LogP contribution in [0.4, 0.5) is 4.79 Å². The van der Waals surface area contributed by atoms with Gasteiger partial charge in [0.1, 0.15) is 23.9 Å². The average Bonchev–Trinajstić information content (AvgIpc) is 3.01. The second-order valence-electron chi connectivity index (χ2n) is 6.69. The molecule has 1 atom stereocenters. The summed E-state index contributed by atoms with van der Waals surface area (Å²) in [6.45, 7) is 7.50. The maximum absolute atomic E-state index is 12.0. The number of benzene rings is 1. The van der Waals surface area contributed by atoms with Crippen molar-refractivity contribution < 1.29 is 23.7 Å². The van der Waals surface area contributed by atoms with Gasteiger partial charge in [-0.25, -0.2) is 4.79 Å². The number of ether oxygens (including phenoxy) is 4. The number of hydrogen-bond donors (Lipinski definition) is 0. The van der Waals surface area contributed by atoms with Crippen molar-refractivity contribution in [2.45, 2.75) is 43.7 Å². The van der Waals surface area contributed by atoms with E-state index in [4.69, 9.17) is 18.9 Å². The molecule has 26 heavy (non-hydrogen) atoms. The molecule has 0 bridgehead atoms. The van der Waals surface area contributed by atoms with Gasteiger partial charge in [-0.15, -0.1) is 11.8 Å². The molecule has 1 fully saturated rings. The summed E-state index contributed by atoms with van der Waals surface area (Å²) >= 11 is 1.76. The van der Waals surface area contributed by atoms with Crippen LogP contribution >= 0.6 is 11.8 Å². The van der Waals surface area contributed by atoms with Crippen LogP contribution in [0.1, 0.15) is 32.8 Å². The van der Waals surface area contributed by atoms with Gasteiger partial charge in [-0.2, -0.15) is 0 Å². The third-order valence-corrected chi connectivity index (χ3v) is 6.10. The molecule has 0 saturated carbocycles. The highest BCUT2D eigenvalue weighted by molar-refractivity contribution is 7.99. The number of rotatable bonds is 9. The van der Waals surface area contributed by atoms with Crippen LogP contribution < -0.4 is 14.2 Å². The lowest BCUT2D eigenvalue weighted by molar-refractivity contribution is 0.157. The van der Waals surface area contributed by atoms with Gasteiger partial charge in [-0.3, -0.25) is 0 Å². The molecule has 2 rings (SSSR count). The number of carbonyl (C=O) groups excluding carboxylic acids is 1. The first-order chi connectivity index (χ1) is 12.4. The second kappa shape index (κ2) is 8.75. The van der Waals surface area contributed by atoms with Crippen molar-refractivity contribution in [3.05, 3.63) is 17.7 Å². The van der Waals surface area contributed by atoms with Crippen LogP contribution in [0.5, 0.6) is 17.2 Å². The largest absolute Gasteiger partial charge is 0.496 e. The minimum atomic E-state index is -0.217. The highest BCUT2D eigenvalue weighted by Gasteiger charge is 2.43.